The summed E-state index contributed by atoms with van der Waals surface area (Å²) in [5.74, 6) is -0.0229. The minimum absolute atomic E-state index is 0.0229. The zero-order valence-corrected chi connectivity index (χ0v) is 13.6. The van der Waals surface area contributed by atoms with Gasteiger partial charge in [0, 0.05) is 11.1 Å². The molecule has 0 aliphatic rings. The molecule has 0 aliphatic carbocycles. The van der Waals surface area contributed by atoms with Crippen molar-refractivity contribution in [2.24, 2.45) is 0 Å². The molecule has 0 aliphatic heterocycles. The van der Waals surface area contributed by atoms with E-state index in [9.17, 15) is 4.79 Å². The molecule has 1 amide bonds. The lowest BCUT2D eigenvalue weighted by atomic mass is 10.1. The van der Waals surface area contributed by atoms with Crippen molar-refractivity contribution in [3.05, 3.63) is 70.7 Å². The molecule has 0 saturated heterocycles. The van der Waals surface area contributed by atoms with Crippen molar-refractivity contribution in [2.45, 2.75) is 25.9 Å². The van der Waals surface area contributed by atoms with Crippen molar-refractivity contribution in [2.75, 3.05) is 6.54 Å². The second kappa shape index (κ2) is 7.97. The molecular formula is C18H21ClN2O. The summed E-state index contributed by atoms with van der Waals surface area (Å²) >= 11 is 5.87. The molecule has 3 nitrogen and oxygen atoms in total. The molecule has 2 aromatic rings. The van der Waals surface area contributed by atoms with Crippen LogP contribution in [0.3, 0.4) is 0 Å². The van der Waals surface area contributed by atoms with E-state index in [0.29, 0.717) is 5.02 Å². The first-order valence-electron chi connectivity index (χ1n) is 7.39. The molecule has 4 heteroatoms. The van der Waals surface area contributed by atoms with Gasteiger partial charge in [-0.1, -0.05) is 54.1 Å². The summed E-state index contributed by atoms with van der Waals surface area (Å²) in [5.41, 5.74) is 2.20. The molecule has 2 rings (SSSR count). The first-order chi connectivity index (χ1) is 10.6. The van der Waals surface area contributed by atoms with Gasteiger partial charge in [0.2, 0.25) is 5.91 Å². The number of carbonyl (C=O) groups is 1. The van der Waals surface area contributed by atoms with E-state index < -0.39 is 0 Å². The van der Waals surface area contributed by atoms with Crippen LogP contribution < -0.4 is 10.6 Å². The Kier molecular flexibility index (Phi) is 5.99. The fourth-order valence-corrected chi connectivity index (χ4v) is 2.36. The van der Waals surface area contributed by atoms with Crippen LogP contribution in [0.25, 0.3) is 0 Å². The third-order valence-corrected chi connectivity index (χ3v) is 3.87. The second-order valence-electron chi connectivity index (χ2n) is 5.35. The van der Waals surface area contributed by atoms with Crippen LogP contribution in [0.5, 0.6) is 0 Å². The third kappa shape index (κ3) is 4.86. The Balaban J connectivity index is 1.81. The zero-order chi connectivity index (χ0) is 15.9. The predicted octanol–water partition coefficient (Wildman–Crippen LogP) is 3.87. The van der Waals surface area contributed by atoms with Crippen molar-refractivity contribution < 1.29 is 4.79 Å². The van der Waals surface area contributed by atoms with E-state index >= 15 is 0 Å². The summed E-state index contributed by atoms with van der Waals surface area (Å²) in [6.45, 7) is 4.29. The monoisotopic (exact) mass is 316 g/mol. The third-order valence-electron chi connectivity index (χ3n) is 3.62. The zero-order valence-electron chi connectivity index (χ0n) is 12.8. The van der Waals surface area contributed by atoms with E-state index in [1.54, 1.807) is 0 Å². The molecule has 0 heterocycles. The molecule has 22 heavy (non-hydrogen) atoms. The highest BCUT2D eigenvalue weighted by Crippen LogP contribution is 2.16. The quantitative estimate of drug-likeness (QED) is 0.849. The van der Waals surface area contributed by atoms with Gasteiger partial charge in [-0.25, -0.2) is 0 Å². The first-order valence-corrected chi connectivity index (χ1v) is 7.77. The molecule has 0 bridgehead atoms. The van der Waals surface area contributed by atoms with E-state index in [0.717, 1.165) is 5.56 Å². The summed E-state index contributed by atoms with van der Waals surface area (Å²) in [5, 5.41) is 6.90. The number of hydrogen-bond acceptors (Lipinski definition) is 2. The lowest BCUT2D eigenvalue weighted by molar-refractivity contribution is -0.121. The molecule has 0 aromatic heterocycles. The van der Waals surface area contributed by atoms with E-state index in [2.05, 4.69) is 10.6 Å². The normalized spacial score (nSPS) is 13.4. The topological polar surface area (TPSA) is 41.1 Å². The van der Waals surface area contributed by atoms with Crippen molar-refractivity contribution >= 4 is 17.5 Å². The molecule has 0 radical (unpaired) electrons. The maximum atomic E-state index is 12.0. The van der Waals surface area contributed by atoms with Crippen LogP contribution in [0.2, 0.25) is 5.02 Å². The minimum atomic E-state index is -0.0430. The maximum absolute atomic E-state index is 12.0. The van der Waals surface area contributed by atoms with Gasteiger partial charge in [-0.3, -0.25) is 4.79 Å². The Bertz CT molecular complexity index is 598. The van der Waals surface area contributed by atoms with E-state index in [-0.39, 0.29) is 24.5 Å². The van der Waals surface area contributed by atoms with Crippen molar-refractivity contribution in [3.8, 4) is 0 Å². The van der Waals surface area contributed by atoms with Crippen LogP contribution in [-0.2, 0) is 4.79 Å². The van der Waals surface area contributed by atoms with E-state index in [1.807, 2.05) is 68.4 Å². The average Bonchev–Trinajstić information content (AvgIpc) is 2.54. The highest BCUT2D eigenvalue weighted by molar-refractivity contribution is 6.30. The van der Waals surface area contributed by atoms with E-state index in [1.165, 1.54) is 5.56 Å². The highest BCUT2D eigenvalue weighted by Gasteiger charge is 2.11. The highest BCUT2D eigenvalue weighted by atomic mass is 35.5. The number of carbonyl (C=O) groups excluding carboxylic acids is 1. The summed E-state index contributed by atoms with van der Waals surface area (Å²) in [7, 11) is 0. The summed E-state index contributed by atoms with van der Waals surface area (Å²) in [4.78, 5) is 12.0. The van der Waals surface area contributed by atoms with Gasteiger partial charge in [0.05, 0.1) is 12.6 Å². The number of benzene rings is 2. The molecule has 0 spiro atoms. The summed E-state index contributed by atoms with van der Waals surface area (Å²) in [6, 6.07) is 17.7. The molecule has 2 aromatic carbocycles. The van der Waals surface area contributed by atoms with Gasteiger partial charge in [-0.2, -0.15) is 0 Å². The van der Waals surface area contributed by atoms with Gasteiger partial charge >= 0.3 is 0 Å². The molecule has 116 valence electrons. The molecule has 0 fully saturated rings. The maximum Gasteiger partial charge on any atom is 0.234 e. The van der Waals surface area contributed by atoms with Gasteiger partial charge < -0.3 is 10.6 Å². The van der Waals surface area contributed by atoms with Crippen LogP contribution in [0.4, 0.5) is 0 Å². The van der Waals surface area contributed by atoms with Gasteiger partial charge in [0.25, 0.3) is 0 Å². The molecule has 2 atom stereocenters. The number of rotatable bonds is 6. The largest absolute Gasteiger partial charge is 0.348 e. The SMILES string of the molecule is C[C@@H](NCC(=O)N[C@H](C)c1ccc(Cl)cc1)c1ccccc1. The van der Waals surface area contributed by atoms with Crippen LogP contribution >= 0.6 is 11.6 Å². The standard InChI is InChI=1S/C18H21ClN2O/c1-13(15-6-4-3-5-7-15)20-12-18(22)21-14(2)16-8-10-17(19)11-9-16/h3-11,13-14,20H,12H2,1-2H3,(H,21,22)/t13-,14-/m1/s1. The number of hydrogen-bond donors (Lipinski definition) is 2. The van der Waals surface area contributed by atoms with Gasteiger partial charge in [0.15, 0.2) is 0 Å². The fourth-order valence-electron chi connectivity index (χ4n) is 2.23. The Hall–Kier alpha value is -1.84. The lowest BCUT2D eigenvalue weighted by Gasteiger charge is -2.17. The minimum Gasteiger partial charge on any atom is -0.348 e. The lowest BCUT2D eigenvalue weighted by Crippen LogP contribution is -2.36. The molecular weight excluding hydrogens is 296 g/mol. The Labute approximate surface area is 136 Å². The first kappa shape index (κ1) is 16.5. The Morgan fingerprint density at radius 3 is 2.18 bits per heavy atom. The van der Waals surface area contributed by atoms with Gasteiger partial charge in [-0.15, -0.1) is 0 Å². The number of amides is 1. The number of halogens is 1. The molecule has 0 unspecified atom stereocenters. The van der Waals surface area contributed by atoms with Crippen LogP contribution in [0.1, 0.15) is 37.1 Å². The second-order valence-corrected chi connectivity index (χ2v) is 5.79. The van der Waals surface area contributed by atoms with Gasteiger partial charge in [0.1, 0.15) is 0 Å². The van der Waals surface area contributed by atoms with Crippen molar-refractivity contribution in [1.29, 1.82) is 0 Å². The summed E-state index contributed by atoms with van der Waals surface area (Å²) < 4.78 is 0. The Morgan fingerprint density at radius 2 is 1.55 bits per heavy atom. The fraction of sp³-hybridized carbons (Fsp3) is 0.278. The molecule has 2 N–H and O–H groups in total. The van der Waals surface area contributed by atoms with Crippen LogP contribution in [0.15, 0.2) is 54.6 Å². The van der Waals surface area contributed by atoms with Crippen molar-refractivity contribution in [1.82, 2.24) is 10.6 Å². The predicted molar refractivity (Wildman–Crippen MR) is 90.9 cm³/mol. The molecule has 0 saturated carbocycles. The van der Waals surface area contributed by atoms with Crippen molar-refractivity contribution in [3.63, 3.8) is 0 Å². The van der Waals surface area contributed by atoms with Crippen LogP contribution in [0, 0.1) is 0 Å². The number of nitrogens with one attached hydrogen (secondary N) is 2. The van der Waals surface area contributed by atoms with Crippen LogP contribution in [-0.4, -0.2) is 12.5 Å². The smallest absolute Gasteiger partial charge is 0.234 e. The Morgan fingerprint density at radius 1 is 0.955 bits per heavy atom. The average molecular weight is 317 g/mol. The van der Waals surface area contributed by atoms with E-state index in [4.69, 9.17) is 11.6 Å². The summed E-state index contributed by atoms with van der Waals surface area (Å²) in [6.07, 6.45) is 0. The van der Waals surface area contributed by atoms with Gasteiger partial charge in [-0.05, 0) is 37.1 Å².